The number of benzodiazepines with no additional fused rings is 1. The van der Waals surface area contributed by atoms with Gasteiger partial charge in [-0.15, -0.1) is 0 Å². The number of aliphatic imine (C=N–C) groups is 1. The predicted octanol–water partition coefficient (Wildman–Crippen LogP) is 4.45. The minimum atomic E-state index is -4.68. The highest BCUT2D eigenvalue weighted by atomic mass is 19.4. The molecule has 0 radical (unpaired) electrons. The Morgan fingerprint density at radius 1 is 1.08 bits per heavy atom. The molecular formula is C29H31F3N4O3. The van der Waals surface area contributed by atoms with Gasteiger partial charge in [-0.3, -0.25) is 14.4 Å². The van der Waals surface area contributed by atoms with Gasteiger partial charge in [-0.05, 0) is 37.3 Å². The number of nitrogens with one attached hydrogen (secondary N) is 1. The van der Waals surface area contributed by atoms with E-state index in [1.54, 1.807) is 36.4 Å². The second-order valence-electron chi connectivity index (χ2n) is 10.4. The van der Waals surface area contributed by atoms with Crippen LogP contribution in [0.3, 0.4) is 0 Å². The number of para-hydroxylation sites is 1. The standard InChI is InChI=1S/C29H31F3N4O3/c1-17(2)16-21(28(27(33)39)14-8-9-15-28)25(37)35-24-26(38)36(3)22-13-7-5-11-19(22)23(34-24)18-10-4-6-12-20(18)29(30,31)32/h4-13,17,21,24H,14-16H2,1-3H3,(H2,33,39)(H,35,37). The molecule has 0 fully saturated rings. The molecule has 3 N–H and O–H groups in total. The Balaban J connectivity index is 1.83. The fourth-order valence-corrected chi connectivity index (χ4v) is 5.39. The minimum Gasteiger partial charge on any atom is -0.369 e. The number of halogens is 3. The molecule has 0 saturated heterocycles. The first-order valence-corrected chi connectivity index (χ1v) is 12.7. The number of nitrogens with zero attached hydrogens (tertiary/aromatic N) is 2. The fraction of sp³-hybridized carbons (Fsp3) is 0.379. The normalized spacial score (nSPS) is 19.4. The van der Waals surface area contributed by atoms with Gasteiger partial charge in [-0.1, -0.05) is 62.4 Å². The summed E-state index contributed by atoms with van der Waals surface area (Å²) < 4.78 is 42.0. The van der Waals surface area contributed by atoms with Gasteiger partial charge in [-0.2, -0.15) is 13.2 Å². The zero-order valence-electron chi connectivity index (χ0n) is 22.0. The average Bonchev–Trinajstić information content (AvgIpc) is 3.36. The largest absolute Gasteiger partial charge is 0.417 e. The number of fused-ring (bicyclic) bond motifs is 1. The zero-order valence-corrected chi connectivity index (χ0v) is 22.0. The van der Waals surface area contributed by atoms with E-state index in [2.05, 4.69) is 10.3 Å². The van der Waals surface area contributed by atoms with Crippen LogP contribution in [0.25, 0.3) is 0 Å². The van der Waals surface area contributed by atoms with E-state index in [1.165, 1.54) is 30.1 Å². The monoisotopic (exact) mass is 540 g/mol. The van der Waals surface area contributed by atoms with Crippen LogP contribution in [0.15, 0.2) is 65.7 Å². The topological polar surface area (TPSA) is 105 Å². The van der Waals surface area contributed by atoms with E-state index in [-0.39, 0.29) is 30.0 Å². The van der Waals surface area contributed by atoms with Crippen molar-refractivity contribution in [1.29, 1.82) is 0 Å². The highest BCUT2D eigenvalue weighted by molar-refractivity contribution is 6.20. The van der Waals surface area contributed by atoms with Crippen LogP contribution in [-0.2, 0) is 20.6 Å². The van der Waals surface area contributed by atoms with Crippen LogP contribution < -0.4 is 16.0 Å². The minimum absolute atomic E-state index is 0.0204. The lowest BCUT2D eigenvalue weighted by Gasteiger charge is -2.35. The molecule has 3 amide bonds. The number of benzene rings is 2. The van der Waals surface area contributed by atoms with E-state index in [0.29, 0.717) is 17.7 Å². The van der Waals surface area contributed by atoms with Gasteiger partial charge in [0.25, 0.3) is 5.91 Å². The van der Waals surface area contributed by atoms with Gasteiger partial charge in [0.1, 0.15) is 0 Å². The van der Waals surface area contributed by atoms with Crippen LogP contribution in [0.5, 0.6) is 0 Å². The number of hydrogen-bond acceptors (Lipinski definition) is 4. The van der Waals surface area contributed by atoms with Crippen molar-refractivity contribution < 1.29 is 27.6 Å². The summed E-state index contributed by atoms with van der Waals surface area (Å²) >= 11 is 0. The number of rotatable bonds is 7. The molecule has 7 nitrogen and oxygen atoms in total. The summed E-state index contributed by atoms with van der Waals surface area (Å²) in [6.45, 7) is 3.81. The Morgan fingerprint density at radius 3 is 2.26 bits per heavy atom. The van der Waals surface area contributed by atoms with Crippen molar-refractivity contribution in [3.8, 4) is 0 Å². The van der Waals surface area contributed by atoms with Gasteiger partial charge in [-0.25, -0.2) is 4.99 Å². The van der Waals surface area contributed by atoms with Crippen molar-refractivity contribution in [1.82, 2.24) is 5.32 Å². The molecule has 39 heavy (non-hydrogen) atoms. The summed E-state index contributed by atoms with van der Waals surface area (Å²) in [5.41, 5.74) is 4.10. The van der Waals surface area contributed by atoms with Crippen molar-refractivity contribution in [3.63, 3.8) is 0 Å². The van der Waals surface area contributed by atoms with Crippen molar-refractivity contribution in [2.75, 3.05) is 11.9 Å². The number of hydrogen-bond donors (Lipinski definition) is 2. The maximum atomic E-state index is 14.0. The van der Waals surface area contributed by atoms with Crippen molar-refractivity contribution in [2.45, 2.75) is 45.5 Å². The predicted molar refractivity (Wildman–Crippen MR) is 142 cm³/mol. The van der Waals surface area contributed by atoms with Crippen LogP contribution in [0.2, 0.25) is 0 Å². The number of nitrogens with two attached hydrogens (primary N) is 1. The molecule has 2 aliphatic rings. The smallest absolute Gasteiger partial charge is 0.369 e. The number of primary amides is 1. The van der Waals surface area contributed by atoms with Gasteiger partial charge < -0.3 is 16.0 Å². The Hall–Kier alpha value is -3.95. The number of anilines is 1. The first kappa shape index (κ1) is 28.1. The van der Waals surface area contributed by atoms with Crippen LogP contribution in [-0.4, -0.2) is 36.6 Å². The molecule has 2 atom stereocenters. The van der Waals surface area contributed by atoms with Gasteiger partial charge in [0.05, 0.1) is 28.3 Å². The lowest BCUT2D eigenvalue weighted by Crippen LogP contribution is -2.53. The van der Waals surface area contributed by atoms with E-state index in [0.717, 1.165) is 6.07 Å². The SMILES string of the molecule is CC(C)CC(C(=O)NC1N=C(c2ccccc2C(F)(F)F)c2ccccc2N(C)C1=O)C1(C(N)=O)CC=CC1. The third-order valence-electron chi connectivity index (χ3n) is 7.42. The number of alkyl halides is 3. The van der Waals surface area contributed by atoms with Gasteiger partial charge in [0, 0.05) is 18.2 Å². The molecule has 2 unspecified atom stereocenters. The molecule has 1 heterocycles. The molecule has 10 heteroatoms. The first-order valence-electron chi connectivity index (χ1n) is 12.7. The maximum Gasteiger partial charge on any atom is 0.417 e. The summed E-state index contributed by atoms with van der Waals surface area (Å²) in [5.74, 6) is -2.69. The summed E-state index contributed by atoms with van der Waals surface area (Å²) in [6, 6.07) is 11.5. The molecular weight excluding hydrogens is 509 g/mol. The number of carbonyl (C=O) groups excluding carboxylic acids is 3. The Bertz CT molecular complexity index is 1340. The van der Waals surface area contributed by atoms with Gasteiger partial charge in [0.15, 0.2) is 0 Å². The molecule has 206 valence electrons. The van der Waals surface area contributed by atoms with E-state index in [1.807, 2.05) is 13.8 Å². The molecule has 1 aliphatic carbocycles. The van der Waals surface area contributed by atoms with E-state index in [4.69, 9.17) is 5.73 Å². The number of carbonyl (C=O) groups is 3. The van der Waals surface area contributed by atoms with Crippen molar-refractivity contribution in [2.24, 2.45) is 28.0 Å². The summed E-state index contributed by atoms with van der Waals surface area (Å²) in [6.07, 6.45) is -1.72. The average molecular weight is 541 g/mol. The third kappa shape index (κ3) is 5.32. The van der Waals surface area contributed by atoms with Crippen molar-refractivity contribution >= 4 is 29.1 Å². The molecule has 0 spiro atoms. The first-order chi connectivity index (χ1) is 18.4. The second-order valence-corrected chi connectivity index (χ2v) is 10.4. The number of likely N-dealkylation sites (N-methyl/N-ethyl adjacent to an activating group) is 1. The van der Waals surface area contributed by atoms with Gasteiger partial charge >= 0.3 is 6.18 Å². The quantitative estimate of drug-likeness (QED) is 0.507. The highest BCUT2D eigenvalue weighted by Gasteiger charge is 2.49. The van der Waals surface area contributed by atoms with Gasteiger partial charge in [0.2, 0.25) is 18.0 Å². The lowest BCUT2D eigenvalue weighted by atomic mass is 9.69. The van der Waals surface area contributed by atoms with Crippen molar-refractivity contribution in [3.05, 3.63) is 77.4 Å². The Labute approximate surface area is 225 Å². The molecule has 2 aromatic carbocycles. The van der Waals surface area contributed by atoms with Crippen LogP contribution in [0.1, 0.15) is 49.8 Å². The molecule has 0 bridgehead atoms. The molecule has 1 aliphatic heterocycles. The van der Waals surface area contributed by atoms with E-state index >= 15 is 0 Å². The van der Waals surface area contributed by atoms with Crippen LogP contribution in [0, 0.1) is 17.3 Å². The Morgan fingerprint density at radius 2 is 1.67 bits per heavy atom. The van der Waals surface area contributed by atoms with Crippen LogP contribution >= 0.6 is 0 Å². The highest BCUT2D eigenvalue weighted by Crippen LogP contribution is 2.44. The molecule has 0 saturated carbocycles. The number of amides is 3. The maximum absolute atomic E-state index is 14.0. The molecule has 0 aromatic heterocycles. The molecule has 2 aromatic rings. The third-order valence-corrected chi connectivity index (χ3v) is 7.42. The van der Waals surface area contributed by atoms with E-state index < -0.39 is 47.0 Å². The summed E-state index contributed by atoms with van der Waals surface area (Å²) in [4.78, 5) is 45.7. The number of allylic oxidation sites excluding steroid dienone is 2. The Kier molecular flexibility index (Phi) is 7.68. The second kappa shape index (κ2) is 10.7. The summed E-state index contributed by atoms with van der Waals surface area (Å²) in [5, 5.41) is 2.66. The fourth-order valence-electron chi connectivity index (χ4n) is 5.39. The van der Waals surface area contributed by atoms with Crippen LogP contribution in [0.4, 0.5) is 18.9 Å². The molecule has 4 rings (SSSR count). The summed E-state index contributed by atoms with van der Waals surface area (Å²) in [7, 11) is 1.48. The zero-order chi connectivity index (χ0) is 28.5. The van der Waals surface area contributed by atoms with E-state index in [9.17, 15) is 27.6 Å². The lowest BCUT2D eigenvalue weighted by molar-refractivity contribution is -0.141.